The van der Waals surface area contributed by atoms with Gasteiger partial charge in [-0.05, 0) is 34.9 Å². The summed E-state index contributed by atoms with van der Waals surface area (Å²) in [6.07, 6.45) is 2.81. The van der Waals surface area contributed by atoms with E-state index in [-0.39, 0.29) is 18.7 Å². The molecule has 5 aromatic rings. The van der Waals surface area contributed by atoms with Crippen LogP contribution in [-0.2, 0) is 28.9 Å². The van der Waals surface area contributed by atoms with E-state index in [4.69, 9.17) is 4.98 Å². The predicted octanol–water partition coefficient (Wildman–Crippen LogP) is 5.03. The third kappa shape index (κ3) is 4.95. The highest BCUT2D eigenvalue weighted by Gasteiger charge is 2.23. The summed E-state index contributed by atoms with van der Waals surface area (Å²) in [6, 6.07) is 21.2. The molecule has 7 heteroatoms. The van der Waals surface area contributed by atoms with E-state index in [1.165, 1.54) is 27.7 Å². The largest absolute Gasteiger partial charge is 0.480 e. The van der Waals surface area contributed by atoms with Crippen LogP contribution in [0.4, 0.5) is 0 Å². The number of para-hydroxylation sites is 1. The Morgan fingerprint density at radius 1 is 1.00 bits per heavy atom. The number of nitrogens with one attached hydrogen (secondary N) is 2. The van der Waals surface area contributed by atoms with Crippen LogP contribution in [-0.4, -0.2) is 33.0 Å². The lowest BCUT2D eigenvalue weighted by Crippen LogP contribution is -2.43. The number of carbonyl (C=O) groups excluding carboxylic acids is 1. The number of carbonyl (C=O) groups is 2. The first-order chi connectivity index (χ1) is 17.0. The molecule has 0 aliphatic heterocycles. The van der Waals surface area contributed by atoms with Gasteiger partial charge in [-0.25, -0.2) is 9.78 Å². The molecule has 1 unspecified atom stereocenters. The second-order valence-electron chi connectivity index (χ2n) is 8.63. The molecular weight excluding hydrogens is 458 g/mol. The van der Waals surface area contributed by atoms with Crippen LogP contribution in [0.3, 0.4) is 0 Å². The number of aromatic amines is 1. The minimum atomic E-state index is -1.05. The molecule has 176 valence electrons. The van der Waals surface area contributed by atoms with Crippen molar-refractivity contribution in [3.05, 3.63) is 99.6 Å². The van der Waals surface area contributed by atoms with E-state index < -0.39 is 12.0 Å². The van der Waals surface area contributed by atoms with Gasteiger partial charge in [0.25, 0.3) is 0 Å². The molecule has 0 radical (unpaired) electrons. The molecule has 0 saturated carbocycles. The van der Waals surface area contributed by atoms with Gasteiger partial charge in [-0.15, -0.1) is 11.3 Å². The number of thiazole rings is 1. The Labute approximate surface area is 206 Å². The molecular formula is C28H25N3O3S. The second kappa shape index (κ2) is 9.72. The van der Waals surface area contributed by atoms with Gasteiger partial charge < -0.3 is 15.4 Å². The lowest BCUT2D eigenvalue weighted by atomic mass is 10.0. The van der Waals surface area contributed by atoms with Crippen LogP contribution in [0.1, 0.15) is 26.7 Å². The fourth-order valence-corrected chi connectivity index (χ4v) is 5.54. The Hall–Kier alpha value is -3.97. The smallest absolute Gasteiger partial charge is 0.326 e. The Kier molecular flexibility index (Phi) is 6.33. The highest BCUT2D eigenvalue weighted by molar-refractivity contribution is 7.11. The van der Waals surface area contributed by atoms with Crippen molar-refractivity contribution in [3.63, 3.8) is 0 Å². The average Bonchev–Trinajstić information content (AvgIpc) is 3.41. The van der Waals surface area contributed by atoms with Crippen molar-refractivity contribution in [2.24, 2.45) is 0 Å². The van der Waals surface area contributed by atoms with E-state index in [2.05, 4.69) is 34.6 Å². The van der Waals surface area contributed by atoms with Crippen molar-refractivity contribution < 1.29 is 14.7 Å². The summed E-state index contributed by atoms with van der Waals surface area (Å²) in [5.41, 5.74) is 3.80. The quantitative estimate of drug-likeness (QED) is 0.288. The normalized spacial score (nSPS) is 12.1. The van der Waals surface area contributed by atoms with Gasteiger partial charge in [0.15, 0.2) is 0 Å². The molecule has 1 atom stereocenters. The van der Waals surface area contributed by atoms with E-state index in [0.29, 0.717) is 6.42 Å². The average molecular weight is 484 g/mol. The molecule has 0 aliphatic rings. The van der Waals surface area contributed by atoms with E-state index in [1.54, 1.807) is 6.20 Å². The highest BCUT2D eigenvalue weighted by atomic mass is 32.1. The molecule has 0 spiro atoms. The standard InChI is InChI=1S/C28H25N3O3S/c1-17-25(35-27(30-17)14-19-9-6-8-18-7-2-3-10-21(18)19)15-26(32)31-24(28(33)34)13-20-16-29-23-12-5-4-11-22(20)23/h2-12,16,24,29H,13-15H2,1H3,(H,31,32)(H,33,34). The van der Waals surface area contributed by atoms with Crippen LogP contribution in [0.5, 0.6) is 0 Å². The molecule has 2 heterocycles. The van der Waals surface area contributed by atoms with Crippen molar-refractivity contribution in [1.29, 1.82) is 0 Å². The van der Waals surface area contributed by atoms with Gasteiger partial charge in [-0.2, -0.15) is 0 Å². The van der Waals surface area contributed by atoms with Crippen LogP contribution >= 0.6 is 11.3 Å². The van der Waals surface area contributed by atoms with E-state index in [1.807, 2.05) is 49.4 Å². The Morgan fingerprint density at radius 2 is 1.74 bits per heavy atom. The molecule has 6 nitrogen and oxygen atoms in total. The molecule has 3 aromatic carbocycles. The lowest BCUT2D eigenvalue weighted by molar-refractivity contribution is -0.141. The lowest BCUT2D eigenvalue weighted by Gasteiger charge is -2.14. The zero-order valence-electron chi connectivity index (χ0n) is 19.2. The number of aliphatic carboxylic acids is 1. The van der Waals surface area contributed by atoms with Gasteiger partial charge in [0, 0.05) is 34.8 Å². The van der Waals surface area contributed by atoms with Gasteiger partial charge in [-0.1, -0.05) is 60.7 Å². The fourth-order valence-electron chi connectivity index (χ4n) is 4.45. The van der Waals surface area contributed by atoms with Crippen LogP contribution in [0.25, 0.3) is 21.7 Å². The summed E-state index contributed by atoms with van der Waals surface area (Å²) < 4.78 is 0. The van der Waals surface area contributed by atoms with E-state index in [9.17, 15) is 14.7 Å². The minimum Gasteiger partial charge on any atom is -0.480 e. The molecule has 5 rings (SSSR count). The summed E-state index contributed by atoms with van der Waals surface area (Å²) in [6.45, 7) is 1.90. The zero-order chi connectivity index (χ0) is 24.4. The molecule has 0 saturated heterocycles. The number of carboxylic acids is 1. The number of hydrogen-bond acceptors (Lipinski definition) is 4. The third-order valence-electron chi connectivity index (χ3n) is 6.21. The first-order valence-corrected chi connectivity index (χ1v) is 12.3. The number of nitrogens with zero attached hydrogens (tertiary/aromatic N) is 1. The predicted molar refractivity (Wildman–Crippen MR) is 139 cm³/mol. The number of amides is 1. The fraction of sp³-hybridized carbons (Fsp3) is 0.179. The topological polar surface area (TPSA) is 95.1 Å². The summed E-state index contributed by atoms with van der Waals surface area (Å²) in [5.74, 6) is -1.37. The van der Waals surface area contributed by atoms with Crippen LogP contribution in [0.2, 0.25) is 0 Å². The number of fused-ring (bicyclic) bond motifs is 2. The first kappa shape index (κ1) is 22.8. The Morgan fingerprint density at radius 3 is 2.57 bits per heavy atom. The number of rotatable bonds is 8. The van der Waals surface area contributed by atoms with Crippen LogP contribution < -0.4 is 5.32 Å². The van der Waals surface area contributed by atoms with E-state index in [0.717, 1.165) is 32.0 Å². The zero-order valence-corrected chi connectivity index (χ0v) is 20.1. The highest BCUT2D eigenvalue weighted by Crippen LogP contribution is 2.26. The molecule has 0 aliphatic carbocycles. The Balaban J connectivity index is 1.28. The van der Waals surface area contributed by atoms with Gasteiger partial charge in [-0.3, -0.25) is 4.79 Å². The molecule has 0 bridgehead atoms. The number of aryl methyl sites for hydroxylation is 1. The number of benzene rings is 3. The van der Waals surface area contributed by atoms with Gasteiger partial charge in [0.05, 0.1) is 17.1 Å². The molecule has 35 heavy (non-hydrogen) atoms. The molecule has 2 aromatic heterocycles. The maximum Gasteiger partial charge on any atom is 0.326 e. The van der Waals surface area contributed by atoms with Crippen molar-refractivity contribution in [2.45, 2.75) is 32.2 Å². The monoisotopic (exact) mass is 483 g/mol. The molecule has 3 N–H and O–H groups in total. The van der Waals surface area contributed by atoms with E-state index >= 15 is 0 Å². The first-order valence-electron chi connectivity index (χ1n) is 11.5. The van der Waals surface area contributed by atoms with Crippen LogP contribution in [0.15, 0.2) is 72.9 Å². The van der Waals surface area contributed by atoms with Crippen molar-refractivity contribution in [3.8, 4) is 0 Å². The van der Waals surface area contributed by atoms with Crippen molar-refractivity contribution in [1.82, 2.24) is 15.3 Å². The van der Waals surface area contributed by atoms with Gasteiger partial charge in [0.1, 0.15) is 6.04 Å². The van der Waals surface area contributed by atoms with Crippen molar-refractivity contribution in [2.75, 3.05) is 0 Å². The molecule has 0 fully saturated rings. The third-order valence-corrected chi connectivity index (χ3v) is 7.37. The van der Waals surface area contributed by atoms with Crippen LogP contribution in [0, 0.1) is 6.92 Å². The summed E-state index contributed by atoms with van der Waals surface area (Å²) >= 11 is 1.51. The SMILES string of the molecule is Cc1nc(Cc2cccc3ccccc23)sc1CC(=O)NC(Cc1c[nH]c2ccccc12)C(=O)O. The number of hydrogen-bond donors (Lipinski definition) is 3. The van der Waals surface area contributed by atoms with Gasteiger partial charge >= 0.3 is 5.97 Å². The number of aromatic nitrogens is 2. The minimum absolute atomic E-state index is 0.108. The number of H-pyrrole nitrogens is 1. The summed E-state index contributed by atoms with van der Waals surface area (Å²) in [5, 5.41) is 16.7. The summed E-state index contributed by atoms with van der Waals surface area (Å²) in [4.78, 5) is 33.4. The summed E-state index contributed by atoms with van der Waals surface area (Å²) in [7, 11) is 0. The van der Waals surface area contributed by atoms with Gasteiger partial charge in [0.2, 0.25) is 5.91 Å². The maximum atomic E-state index is 12.8. The second-order valence-corrected chi connectivity index (χ2v) is 9.80. The van der Waals surface area contributed by atoms with Crippen molar-refractivity contribution >= 4 is 44.9 Å². The molecule has 1 amide bonds. The Bertz CT molecular complexity index is 1530. The maximum absolute atomic E-state index is 12.8. The number of carboxylic acid groups (broad SMARTS) is 1.